The van der Waals surface area contributed by atoms with Crippen molar-refractivity contribution >= 4 is 11.3 Å². The summed E-state index contributed by atoms with van der Waals surface area (Å²) in [7, 11) is 0. The fraction of sp³-hybridized carbons (Fsp3) is 0.667. The van der Waals surface area contributed by atoms with E-state index < -0.39 is 17.2 Å². The summed E-state index contributed by atoms with van der Waals surface area (Å²) in [4.78, 5) is 0.847. The minimum absolute atomic E-state index is 0.135. The van der Waals surface area contributed by atoms with Crippen molar-refractivity contribution < 1.29 is 13.2 Å². The van der Waals surface area contributed by atoms with Crippen LogP contribution >= 0.6 is 11.3 Å². The molecule has 0 fully saturated rings. The molecule has 1 heterocycles. The molecule has 1 aromatic rings. The molecule has 0 saturated carbocycles. The molecular weight excluding hydrogens is 233 g/mol. The lowest BCUT2D eigenvalue weighted by molar-refractivity contribution is -0.138. The first-order valence-electron chi connectivity index (χ1n) is 5.24. The van der Waals surface area contributed by atoms with Gasteiger partial charge in [-0.1, -0.05) is 34.6 Å². The predicted molar refractivity (Wildman–Crippen MR) is 62.1 cm³/mol. The summed E-state index contributed by atoms with van der Waals surface area (Å²) in [5, 5.41) is 1.25. The van der Waals surface area contributed by atoms with Crippen molar-refractivity contribution in [2.75, 3.05) is 0 Å². The molecule has 0 aliphatic carbocycles. The Hall–Kier alpha value is -0.510. The number of rotatable bonds is 1. The van der Waals surface area contributed by atoms with E-state index in [-0.39, 0.29) is 5.92 Å². The number of hydrogen-bond acceptors (Lipinski definition) is 1. The number of thiophene rings is 1. The zero-order valence-corrected chi connectivity index (χ0v) is 11.0. The summed E-state index contributed by atoms with van der Waals surface area (Å²) in [6.07, 6.45) is -4.24. The molecule has 0 atom stereocenters. The molecule has 92 valence electrons. The number of hydrogen-bond donors (Lipinski definition) is 0. The molecule has 0 nitrogen and oxygen atoms in total. The molecule has 0 N–H and O–H groups in total. The Morgan fingerprint density at radius 1 is 1.12 bits per heavy atom. The first kappa shape index (κ1) is 13.6. The highest BCUT2D eigenvalue weighted by atomic mass is 32.1. The third-order valence-electron chi connectivity index (χ3n) is 2.40. The Kier molecular flexibility index (Phi) is 3.44. The average Bonchev–Trinajstić information content (AvgIpc) is 2.43. The second kappa shape index (κ2) is 4.06. The van der Waals surface area contributed by atoms with Crippen molar-refractivity contribution in [3.63, 3.8) is 0 Å². The monoisotopic (exact) mass is 250 g/mol. The SMILES string of the molecule is CC(C)c1scc(C(F)(F)F)c1C(C)(C)C. The van der Waals surface area contributed by atoms with Crippen LogP contribution in [0.2, 0.25) is 0 Å². The lowest BCUT2D eigenvalue weighted by Crippen LogP contribution is -2.19. The molecule has 0 aromatic carbocycles. The van der Waals surface area contributed by atoms with E-state index in [2.05, 4.69) is 0 Å². The van der Waals surface area contributed by atoms with Crippen LogP contribution in [0, 0.1) is 0 Å². The van der Waals surface area contributed by atoms with Crippen molar-refractivity contribution in [1.29, 1.82) is 0 Å². The molecule has 0 aliphatic rings. The van der Waals surface area contributed by atoms with E-state index in [1.54, 1.807) is 0 Å². The van der Waals surface area contributed by atoms with Crippen LogP contribution in [0.5, 0.6) is 0 Å². The first-order valence-corrected chi connectivity index (χ1v) is 6.12. The molecule has 1 rings (SSSR count). The van der Waals surface area contributed by atoms with Crippen LogP contribution in [-0.2, 0) is 11.6 Å². The minimum Gasteiger partial charge on any atom is -0.166 e. The molecule has 4 heteroatoms. The molecule has 0 bridgehead atoms. The van der Waals surface area contributed by atoms with Crippen molar-refractivity contribution in [3.8, 4) is 0 Å². The summed E-state index contributed by atoms with van der Waals surface area (Å²) in [6.45, 7) is 9.35. The average molecular weight is 250 g/mol. The van der Waals surface area contributed by atoms with Gasteiger partial charge >= 0.3 is 6.18 Å². The summed E-state index contributed by atoms with van der Waals surface area (Å²) >= 11 is 1.22. The Morgan fingerprint density at radius 2 is 1.62 bits per heavy atom. The first-order chi connectivity index (χ1) is 7.05. The van der Waals surface area contributed by atoms with E-state index in [9.17, 15) is 13.2 Å². The summed E-state index contributed by atoms with van der Waals surface area (Å²) < 4.78 is 38.6. The van der Waals surface area contributed by atoms with Gasteiger partial charge in [-0.25, -0.2) is 0 Å². The van der Waals surface area contributed by atoms with Gasteiger partial charge in [-0.15, -0.1) is 11.3 Å². The van der Waals surface area contributed by atoms with E-state index in [0.717, 1.165) is 4.88 Å². The Labute approximate surface area is 98.5 Å². The Morgan fingerprint density at radius 3 is 1.94 bits per heavy atom. The quantitative estimate of drug-likeness (QED) is 0.643. The van der Waals surface area contributed by atoms with Crippen molar-refractivity contribution in [2.45, 2.75) is 52.1 Å². The third-order valence-corrected chi connectivity index (χ3v) is 3.68. The third kappa shape index (κ3) is 2.59. The lowest BCUT2D eigenvalue weighted by Gasteiger charge is -2.24. The standard InChI is InChI=1S/C12H17F3S/c1-7(2)10-9(11(3,4)5)8(6-16-10)12(13,14)15/h6-7H,1-5H3. The normalized spacial score (nSPS) is 13.6. The van der Waals surface area contributed by atoms with Crippen LogP contribution < -0.4 is 0 Å². The highest BCUT2D eigenvalue weighted by molar-refractivity contribution is 7.10. The van der Waals surface area contributed by atoms with Crippen molar-refractivity contribution in [2.24, 2.45) is 0 Å². The van der Waals surface area contributed by atoms with Crippen LogP contribution in [0.25, 0.3) is 0 Å². The molecule has 0 amide bonds. The van der Waals surface area contributed by atoms with E-state index in [4.69, 9.17) is 0 Å². The van der Waals surface area contributed by atoms with E-state index in [1.165, 1.54) is 16.7 Å². The highest BCUT2D eigenvalue weighted by Crippen LogP contribution is 2.44. The predicted octanol–water partition coefficient (Wildman–Crippen LogP) is 5.19. The second-order valence-electron chi connectivity index (χ2n) is 5.29. The molecular formula is C12H17F3S. The van der Waals surface area contributed by atoms with Gasteiger partial charge in [0.1, 0.15) is 0 Å². The largest absolute Gasteiger partial charge is 0.417 e. The van der Waals surface area contributed by atoms with Gasteiger partial charge in [0.2, 0.25) is 0 Å². The van der Waals surface area contributed by atoms with Gasteiger partial charge in [0, 0.05) is 10.3 Å². The molecule has 0 radical (unpaired) electrons. The van der Waals surface area contributed by atoms with E-state index in [0.29, 0.717) is 5.56 Å². The van der Waals surface area contributed by atoms with Gasteiger partial charge < -0.3 is 0 Å². The Balaban J connectivity index is 3.44. The number of alkyl halides is 3. The fourth-order valence-corrected chi connectivity index (χ4v) is 3.08. The summed E-state index contributed by atoms with van der Waals surface area (Å²) in [5.41, 5.74) is -0.474. The van der Waals surface area contributed by atoms with Gasteiger partial charge in [0.15, 0.2) is 0 Å². The van der Waals surface area contributed by atoms with Crippen LogP contribution in [-0.4, -0.2) is 0 Å². The lowest BCUT2D eigenvalue weighted by atomic mass is 9.82. The van der Waals surface area contributed by atoms with E-state index in [1.807, 2.05) is 34.6 Å². The zero-order chi connectivity index (χ0) is 12.7. The molecule has 0 saturated heterocycles. The number of halogens is 3. The minimum atomic E-state index is -4.24. The molecule has 1 aromatic heterocycles. The van der Waals surface area contributed by atoms with Crippen molar-refractivity contribution in [3.05, 3.63) is 21.4 Å². The highest BCUT2D eigenvalue weighted by Gasteiger charge is 2.39. The van der Waals surface area contributed by atoms with Crippen LogP contribution in [0.15, 0.2) is 5.38 Å². The molecule has 0 spiro atoms. The molecule has 16 heavy (non-hydrogen) atoms. The Bertz CT molecular complexity index is 367. The zero-order valence-electron chi connectivity index (χ0n) is 10.2. The maximum Gasteiger partial charge on any atom is 0.417 e. The second-order valence-corrected chi connectivity index (χ2v) is 6.20. The smallest absolute Gasteiger partial charge is 0.166 e. The summed E-state index contributed by atoms with van der Waals surface area (Å²) in [6, 6.07) is 0. The van der Waals surface area contributed by atoms with Crippen LogP contribution in [0.1, 0.15) is 56.5 Å². The van der Waals surface area contributed by atoms with Gasteiger partial charge in [0.25, 0.3) is 0 Å². The van der Waals surface area contributed by atoms with Gasteiger partial charge in [-0.3, -0.25) is 0 Å². The van der Waals surface area contributed by atoms with Gasteiger partial charge in [-0.05, 0) is 16.9 Å². The van der Waals surface area contributed by atoms with E-state index >= 15 is 0 Å². The van der Waals surface area contributed by atoms with Gasteiger partial charge in [0.05, 0.1) is 5.56 Å². The fourth-order valence-electron chi connectivity index (χ4n) is 1.78. The van der Waals surface area contributed by atoms with Crippen LogP contribution in [0.3, 0.4) is 0 Å². The summed E-state index contributed by atoms with van der Waals surface area (Å²) in [5.74, 6) is 0.135. The van der Waals surface area contributed by atoms with Crippen molar-refractivity contribution in [1.82, 2.24) is 0 Å². The van der Waals surface area contributed by atoms with Crippen LogP contribution in [0.4, 0.5) is 13.2 Å². The molecule has 0 aliphatic heterocycles. The maximum atomic E-state index is 12.9. The van der Waals surface area contributed by atoms with Gasteiger partial charge in [-0.2, -0.15) is 13.2 Å². The maximum absolute atomic E-state index is 12.9. The topological polar surface area (TPSA) is 0 Å². The molecule has 0 unspecified atom stereocenters.